The van der Waals surface area contributed by atoms with Crippen LogP contribution in [-0.4, -0.2) is 12.1 Å². The standard InChI is InChI=1S/C11H14O3/c1-7-4-5-10(8(2)6-7)14-9(3)11(12)13/h4-6,9H,1-3H3,(H,12,13)/p-1. The van der Waals surface area contributed by atoms with E-state index in [2.05, 4.69) is 0 Å². The molecule has 1 unspecified atom stereocenters. The molecule has 1 aromatic carbocycles. The van der Waals surface area contributed by atoms with Crippen molar-refractivity contribution < 1.29 is 14.6 Å². The van der Waals surface area contributed by atoms with Crippen LogP contribution in [0.25, 0.3) is 0 Å². The van der Waals surface area contributed by atoms with Crippen LogP contribution in [0, 0.1) is 13.8 Å². The third-order valence-corrected chi connectivity index (χ3v) is 1.97. The molecule has 1 rings (SSSR count). The van der Waals surface area contributed by atoms with Crippen LogP contribution >= 0.6 is 0 Å². The summed E-state index contributed by atoms with van der Waals surface area (Å²) in [6.07, 6.45) is -0.920. The normalized spacial score (nSPS) is 12.2. The summed E-state index contributed by atoms with van der Waals surface area (Å²) in [5, 5.41) is 10.4. The Hall–Kier alpha value is -1.51. The summed E-state index contributed by atoms with van der Waals surface area (Å²) in [4.78, 5) is 10.4. The molecule has 0 heterocycles. The van der Waals surface area contributed by atoms with Gasteiger partial charge in [0.2, 0.25) is 0 Å². The maximum atomic E-state index is 10.4. The number of carboxylic acid groups (broad SMARTS) is 1. The number of ether oxygens (including phenoxy) is 1. The van der Waals surface area contributed by atoms with Gasteiger partial charge in [0.05, 0.1) is 5.97 Å². The van der Waals surface area contributed by atoms with Gasteiger partial charge in [0.1, 0.15) is 11.9 Å². The lowest BCUT2D eigenvalue weighted by Gasteiger charge is -2.17. The molecule has 0 aliphatic rings. The highest BCUT2D eigenvalue weighted by atomic mass is 16.5. The second-order valence-corrected chi connectivity index (χ2v) is 3.35. The third-order valence-electron chi connectivity index (χ3n) is 1.97. The largest absolute Gasteiger partial charge is 0.546 e. The molecule has 0 aromatic heterocycles. The molecule has 1 aromatic rings. The van der Waals surface area contributed by atoms with E-state index in [4.69, 9.17) is 4.74 Å². The van der Waals surface area contributed by atoms with Crippen molar-refractivity contribution in [3.63, 3.8) is 0 Å². The molecule has 1 atom stereocenters. The molecule has 0 aliphatic carbocycles. The minimum atomic E-state index is -1.20. The summed E-state index contributed by atoms with van der Waals surface area (Å²) in [5.74, 6) is -0.614. The Morgan fingerprint density at radius 3 is 2.57 bits per heavy atom. The molecule has 3 nitrogen and oxygen atoms in total. The number of aliphatic carboxylic acids is 1. The van der Waals surface area contributed by atoms with Crippen molar-refractivity contribution in [2.24, 2.45) is 0 Å². The van der Waals surface area contributed by atoms with E-state index in [0.29, 0.717) is 5.75 Å². The summed E-state index contributed by atoms with van der Waals surface area (Å²) in [5.41, 5.74) is 2.05. The van der Waals surface area contributed by atoms with Gasteiger partial charge in [-0.25, -0.2) is 0 Å². The van der Waals surface area contributed by atoms with Crippen molar-refractivity contribution in [1.29, 1.82) is 0 Å². The summed E-state index contributed by atoms with van der Waals surface area (Å²) >= 11 is 0. The van der Waals surface area contributed by atoms with Gasteiger partial charge in [0.25, 0.3) is 0 Å². The Morgan fingerprint density at radius 2 is 2.07 bits per heavy atom. The molecule has 0 saturated carbocycles. The summed E-state index contributed by atoms with van der Waals surface area (Å²) < 4.78 is 5.20. The minimum Gasteiger partial charge on any atom is -0.546 e. The topological polar surface area (TPSA) is 49.4 Å². The number of carbonyl (C=O) groups excluding carboxylic acids is 1. The highest BCUT2D eigenvalue weighted by molar-refractivity contribution is 5.69. The fraction of sp³-hybridized carbons (Fsp3) is 0.364. The van der Waals surface area contributed by atoms with Gasteiger partial charge in [-0.1, -0.05) is 17.7 Å². The Bertz CT molecular complexity index is 344. The molecule has 0 bridgehead atoms. The molecule has 0 saturated heterocycles. The van der Waals surface area contributed by atoms with Crippen LogP contribution in [0.15, 0.2) is 18.2 Å². The van der Waals surface area contributed by atoms with E-state index in [0.717, 1.165) is 11.1 Å². The zero-order valence-electron chi connectivity index (χ0n) is 8.53. The van der Waals surface area contributed by atoms with Gasteiger partial charge in [-0.05, 0) is 32.4 Å². The van der Waals surface area contributed by atoms with Gasteiger partial charge < -0.3 is 14.6 Å². The van der Waals surface area contributed by atoms with E-state index in [1.165, 1.54) is 6.92 Å². The van der Waals surface area contributed by atoms with Crippen molar-refractivity contribution in [3.05, 3.63) is 29.3 Å². The Morgan fingerprint density at radius 1 is 1.43 bits per heavy atom. The number of hydrogen-bond donors (Lipinski definition) is 0. The van der Waals surface area contributed by atoms with Gasteiger partial charge in [-0.3, -0.25) is 0 Å². The quantitative estimate of drug-likeness (QED) is 0.714. The van der Waals surface area contributed by atoms with Crippen LogP contribution in [-0.2, 0) is 4.79 Å². The SMILES string of the molecule is Cc1ccc(OC(C)C(=O)[O-])c(C)c1. The van der Waals surface area contributed by atoms with E-state index in [1.54, 1.807) is 6.07 Å². The molecule has 0 fully saturated rings. The maximum Gasteiger partial charge on any atom is 0.135 e. The number of carboxylic acids is 1. The van der Waals surface area contributed by atoms with Gasteiger partial charge in [-0.15, -0.1) is 0 Å². The Labute approximate surface area is 83.3 Å². The second kappa shape index (κ2) is 4.13. The molecular weight excluding hydrogens is 180 g/mol. The molecule has 14 heavy (non-hydrogen) atoms. The van der Waals surface area contributed by atoms with Crippen molar-refractivity contribution in [1.82, 2.24) is 0 Å². The predicted octanol–water partition coefficient (Wildman–Crippen LogP) is 0.821. The van der Waals surface area contributed by atoms with E-state index >= 15 is 0 Å². The zero-order valence-corrected chi connectivity index (χ0v) is 8.53. The Balaban J connectivity index is 2.82. The van der Waals surface area contributed by atoms with Gasteiger partial charge in [0, 0.05) is 0 Å². The van der Waals surface area contributed by atoms with E-state index < -0.39 is 12.1 Å². The first-order chi connectivity index (χ1) is 6.50. The lowest BCUT2D eigenvalue weighted by Crippen LogP contribution is -2.37. The fourth-order valence-corrected chi connectivity index (χ4v) is 1.17. The Kier molecular flexibility index (Phi) is 3.12. The van der Waals surface area contributed by atoms with Crippen LogP contribution in [0.5, 0.6) is 5.75 Å². The minimum absolute atomic E-state index is 0.590. The molecule has 0 radical (unpaired) electrons. The third kappa shape index (κ3) is 2.49. The number of aryl methyl sites for hydroxylation is 2. The highest BCUT2D eigenvalue weighted by Gasteiger charge is 2.06. The van der Waals surface area contributed by atoms with Gasteiger partial charge >= 0.3 is 0 Å². The zero-order chi connectivity index (χ0) is 10.7. The fourth-order valence-electron chi connectivity index (χ4n) is 1.17. The number of rotatable bonds is 3. The van der Waals surface area contributed by atoms with Crippen molar-refractivity contribution in [3.8, 4) is 5.75 Å². The molecule has 76 valence electrons. The molecule has 0 N–H and O–H groups in total. The molecule has 3 heteroatoms. The van der Waals surface area contributed by atoms with Crippen LogP contribution in [0.4, 0.5) is 0 Å². The number of hydrogen-bond acceptors (Lipinski definition) is 3. The first-order valence-electron chi connectivity index (χ1n) is 4.45. The summed E-state index contributed by atoms with van der Waals surface area (Å²) in [6.45, 7) is 5.30. The van der Waals surface area contributed by atoms with E-state index in [-0.39, 0.29) is 0 Å². The average molecular weight is 193 g/mol. The monoisotopic (exact) mass is 193 g/mol. The van der Waals surface area contributed by atoms with Crippen molar-refractivity contribution in [2.75, 3.05) is 0 Å². The lowest BCUT2D eigenvalue weighted by atomic mass is 10.1. The smallest absolute Gasteiger partial charge is 0.135 e. The number of benzene rings is 1. The summed E-state index contributed by atoms with van der Waals surface area (Å²) in [6, 6.07) is 5.59. The van der Waals surface area contributed by atoms with E-state index in [9.17, 15) is 9.90 Å². The molecule has 0 amide bonds. The van der Waals surface area contributed by atoms with Crippen LogP contribution in [0.1, 0.15) is 18.1 Å². The lowest BCUT2D eigenvalue weighted by molar-refractivity contribution is -0.312. The maximum absolute atomic E-state index is 10.4. The molecule has 0 aliphatic heterocycles. The first-order valence-corrected chi connectivity index (χ1v) is 4.45. The van der Waals surface area contributed by atoms with Crippen LogP contribution in [0.2, 0.25) is 0 Å². The van der Waals surface area contributed by atoms with Gasteiger partial charge in [-0.2, -0.15) is 0 Å². The average Bonchev–Trinajstić information content (AvgIpc) is 2.09. The highest BCUT2D eigenvalue weighted by Crippen LogP contribution is 2.19. The predicted molar refractivity (Wildman–Crippen MR) is 51.0 cm³/mol. The summed E-state index contributed by atoms with van der Waals surface area (Å²) in [7, 11) is 0. The van der Waals surface area contributed by atoms with Gasteiger partial charge in [0.15, 0.2) is 0 Å². The second-order valence-electron chi connectivity index (χ2n) is 3.35. The number of carbonyl (C=O) groups is 1. The van der Waals surface area contributed by atoms with Crippen molar-refractivity contribution in [2.45, 2.75) is 26.9 Å². The van der Waals surface area contributed by atoms with Crippen molar-refractivity contribution >= 4 is 5.97 Å². The van der Waals surface area contributed by atoms with Crippen LogP contribution in [0.3, 0.4) is 0 Å². The molecular formula is C11H13O3-. The van der Waals surface area contributed by atoms with E-state index in [1.807, 2.05) is 26.0 Å². The molecule has 0 spiro atoms. The first kappa shape index (κ1) is 10.6. The van der Waals surface area contributed by atoms with Crippen LogP contribution < -0.4 is 9.84 Å².